The van der Waals surface area contributed by atoms with Crippen LogP contribution in [0.5, 0.6) is 0 Å². The lowest BCUT2D eigenvalue weighted by Gasteiger charge is -2.23. The molecule has 0 atom stereocenters. The highest BCUT2D eigenvalue weighted by molar-refractivity contribution is 7.92. The first-order valence-corrected chi connectivity index (χ1v) is 13.3. The summed E-state index contributed by atoms with van der Waals surface area (Å²) in [6, 6.07) is 14.1. The molecule has 10 nitrogen and oxygen atoms in total. The Morgan fingerprint density at radius 1 is 1.03 bits per heavy atom. The van der Waals surface area contributed by atoms with Crippen molar-refractivity contribution in [2.75, 3.05) is 43.4 Å². The van der Waals surface area contributed by atoms with Crippen LogP contribution in [0.3, 0.4) is 0 Å². The largest absolute Gasteiger partial charge is 0.480 e. The van der Waals surface area contributed by atoms with Gasteiger partial charge in [0, 0.05) is 34.7 Å². The molecule has 0 spiro atoms. The van der Waals surface area contributed by atoms with Crippen molar-refractivity contribution in [1.82, 2.24) is 19.7 Å². The Morgan fingerprint density at radius 2 is 1.76 bits per heavy atom. The van der Waals surface area contributed by atoms with Crippen LogP contribution in [-0.2, 0) is 14.8 Å². The van der Waals surface area contributed by atoms with E-state index in [0.29, 0.717) is 17.0 Å². The molecule has 0 amide bonds. The number of benzene rings is 2. The molecule has 0 saturated carbocycles. The molecule has 0 aliphatic heterocycles. The van der Waals surface area contributed by atoms with Crippen LogP contribution in [-0.4, -0.2) is 72.9 Å². The molecular formula is C24H24Cl2N6O4S. The van der Waals surface area contributed by atoms with Crippen molar-refractivity contribution in [2.24, 2.45) is 0 Å². The molecule has 2 N–H and O–H groups in total. The fraction of sp³-hybridized carbons (Fsp3) is 0.208. The van der Waals surface area contributed by atoms with Crippen molar-refractivity contribution in [3.05, 3.63) is 70.8 Å². The topological polar surface area (TPSA) is 121 Å². The van der Waals surface area contributed by atoms with E-state index in [1.165, 1.54) is 24.3 Å². The van der Waals surface area contributed by atoms with E-state index in [0.717, 1.165) is 22.9 Å². The zero-order valence-corrected chi connectivity index (χ0v) is 22.3. The molecule has 13 heteroatoms. The number of carboxylic acid groups (broad SMARTS) is 1. The molecule has 0 fully saturated rings. The van der Waals surface area contributed by atoms with Crippen LogP contribution in [0.25, 0.3) is 16.7 Å². The number of aliphatic carboxylic acids is 1. The summed E-state index contributed by atoms with van der Waals surface area (Å²) in [6.45, 7) is 0.798. The van der Waals surface area contributed by atoms with Gasteiger partial charge in [-0.15, -0.1) is 10.2 Å². The van der Waals surface area contributed by atoms with Gasteiger partial charge in [0.1, 0.15) is 12.4 Å². The molecular weight excluding hydrogens is 539 g/mol. The van der Waals surface area contributed by atoms with Crippen LogP contribution in [0, 0.1) is 0 Å². The molecule has 0 aliphatic carbocycles. The molecule has 2 aromatic heterocycles. The maximum atomic E-state index is 13.4. The Morgan fingerprint density at radius 3 is 2.38 bits per heavy atom. The SMILES string of the molecule is CN(C)CCNc1ccc(-n2ccc3cc(N(CC(=O)O)S(=O)(=O)c4cc(Cl)cc(Cl)c4)ccc32)nn1. The number of anilines is 2. The van der Waals surface area contributed by atoms with Crippen LogP contribution in [0.2, 0.25) is 10.0 Å². The number of halogens is 2. The normalized spacial score (nSPS) is 11.7. The van der Waals surface area contributed by atoms with Crippen molar-refractivity contribution in [3.8, 4) is 5.82 Å². The lowest BCUT2D eigenvalue weighted by molar-refractivity contribution is -0.135. The fourth-order valence-electron chi connectivity index (χ4n) is 3.68. The molecule has 0 radical (unpaired) electrons. The number of nitrogens with zero attached hydrogens (tertiary/aromatic N) is 5. The first-order valence-electron chi connectivity index (χ1n) is 11.1. The van der Waals surface area contributed by atoms with Gasteiger partial charge in [0.15, 0.2) is 5.82 Å². The monoisotopic (exact) mass is 562 g/mol. The Labute approximate surface area is 224 Å². The molecule has 194 valence electrons. The predicted molar refractivity (Wildman–Crippen MR) is 145 cm³/mol. The summed E-state index contributed by atoms with van der Waals surface area (Å²) in [5, 5.41) is 22.1. The van der Waals surface area contributed by atoms with Crippen LogP contribution in [0.4, 0.5) is 11.5 Å². The van der Waals surface area contributed by atoms with Gasteiger partial charge in [0.2, 0.25) is 0 Å². The van der Waals surface area contributed by atoms with Crippen molar-refractivity contribution >= 4 is 61.6 Å². The average Bonchev–Trinajstić information content (AvgIpc) is 3.25. The van der Waals surface area contributed by atoms with Gasteiger partial charge in [0.25, 0.3) is 10.0 Å². The Hall–Kier alpha value is -3.38. The minimum absolute atomic E-state index is 0.119. The van der Waals surface area contributed by atoms with Gasteiger partial charge in [-0.05, 0) is 68.7 Å². The molecule has 0 unspecified atom stereocenters. The van der Waals surface area contributed by atoms with Gasteiger partial charge >= 0.3 is 5.97 Å². The number of rotatable bonds is 10. The summed E-state index contributed by atoms with van der Waals surface area (Å²) in [5.41, 5.74) is 0.917. The summed E-state index contributed by atoms with van der Waals surface area (Å²) < 4.78 is 29.4. The van der Waals surface area contributed by atoms with E-state index in [1.54, 1.807) is 24.4 Å². The van der Waals surface area contributed by atoms with Gasteiger partial charge in [-0.3, -0.25) is 13.7 Å². The number of sulfonamides is 1. The lowest BCUT2D eigenvalue weighted by Crippen LogP contribution is -2.35. The van der Waals surface area contributed by atoms with Crippen LogP contribution in [0.15, 0.2) is 65.7 Å². The highest BCUT2D eigenvalue weighted by Gasteiger charge is 2.28. The molecule has 2 aromatic carbocycles. The third-order valence-electron chi connectivity index (χ3n) is 5.43. The van der Waals surface area contributed by atoms with Crippen molar-refractivity contribution in [1.29, 1.82) is 0 Å². The van der Waals surface area contributed by atoms with E-state index in [9.17, 15) is 18.3 Å². The number of nitrogens with one attached hydrogen (secondary N) is 1. The number of carbonyl (C=O) groups is 1. The van der Waals surface area contributed by atoms with E-state index < -0.39 is 22.5 Å². The smallest absolute Gasteiger partial charge is 0.324 e. The summed E-state index contributed by atoms with van der Waals surface area (Å²) in [4.78, 5) is 13.4. The Bertz CT molecular complexity index is 1520. The summed E-state index contributed by atoms with van der Waals surface area (Å²) >= 11 is 12.0. The van der Waals surface area contributed by atoms with E-state index in [2.05, 4.69) is 20.4 Å². The first kappa shape index (κ1) is 26.7. The first-order chi connectivity index (χ1) is 17.5. The minimum Gasteiger partial charge on any atom is -0.480 e. The van der Waals surface area contributed by atoms with E-state index in [4.69, 9.17) is 23.2 Å². The highest BCUT2D eigenvalue weighted by atomic mass is 35.5. The van der Waals surface area contributed by atoms with Gasteiger partial charge in [-0.2, -0.15) is 0 Å². The Kier molecular flexibility index (Phi) is 7.88. The van der Waals surface area contributed by atoms with Crippen LogP contribution >= 0.6 is 23.2 Å². The van der Waals surface area contributed by atoms with Gasteiger partial charge in [0.05, 0.1) is 16.1 Å². The average molecular weight is 563 g/mol. The molecule has 4 aromatic rings. The number of likely N-dealkylation sites (N-methyl/N-ethyl adjacent to an activating group) is 1. The number of fused-ring (bicyclic) bond motifs is 1. The minimum atomic E-state index is -4.28. The molecule has 2 heterocycles. The van der Waals surface area contributed by atoms with Crippen molar-refractivity contribution in [2.45, 2.75) is 4.90 Å². The lowest BCUT2D eigenvalue weighted by atomic mass is 10.2. The second kappa shape index (κ2) is 10.9. The van der Waals surface area contributed by atoms with Crippen molar-refractivity contribution < 1.29 is 18.3 Å². The zero-order valence-electron chi connectivity index (χ0n) is 20.0. The summed E-state index contributed by atoms with van der Waals surface area (Å²) in [7, 11) is -0.305. The number of aromatic nitrogens is 3. The number of hydrogen-bond acceptors (Lipinski definition) is 7. The number of hydrogen-bond donors (Lipinski definition) is 2. The third-order valence-corrected chi connectivity index (χ3v) is 7.62. The van der Waals surface area contributed by atoms with E-state index >= 15 is 0 Å². The molecule has 0 aliphatic rings. The predicted octanol–water partition coefficient (Wildman–Crippen LogP) is 3.98. The fourth-order valence-corrected chi connectivity index (χ4v) is 5.82. The zero-order chi connectivity index (χ0) is 26.7. The molecule has 0 saturated heterocycles. The maximum Gasteiger partial charge on any atom is 0.324 e. The summed E-state index contributed by atoms with van der Waals surface area (Å²) in [5.74, 6) is -0.0894. The van der Waals surface area contributed by atoms with E-state index in [-0.39, 0.29) is 20.6 Å². The second-order valence-corrected chi connectivity index (χ2v) is 11.2. The molecule has 0 bridgehead atoms. The third kappa shape index (κ3) is 6.13. The van der Waals surface area contributed by atoms with Crippen LogP contribution < -0.4 is 9.62 Å². The van der Waals surface area contributed by atoms with Gasteiger partial charge < -0.3 is 15.3 Å². The standard InChI is InChI=1S/C24H24Cl2N6O4S/c1-30(2)10-8-27-22-5-6-23(29-28-22)31-9-7-16-11-19(3-4-21(16)31)32(15-24(33)34)37(35,36)20-13-17(25)12-18(26)14-20/h3-7,9,11-14H,8,10,15H2,1-2H3,(H,27,28)(H,33,34). The summed E-state index contributed by atoms with van der Waals surface area (Å²) in [6.07, 6.45) is 1.78. The molecule has 4 rings (SSSR count). The van der Waals surface area contributed by atoms with Gasteiger partial charge in [-0.25, -0.2) is 8.42 Å². The second-order valence-electron chi connectivity index (χ2n) is 8.45. The van der Waals surface area contributed by atoms with Crippen molar-refractivity contribution in [3.63, 3.8) is 0 Å². The number of carboxylic acids is 1. The van der Waals surface area contributed by atoms with Crippen LogP contribution in [0.1, 0.15) is 0 Å². The quantitative estimate of drug-likeness (QED) is 0.297. The van der Waals surface area contributed by atoms with Gasteiger partial charge in [-0.1, -0.05) is 23.2 Å². The van der Waals surface area contributed by atoms with E-state index in [1.807, 2.05) is 30.8 Å². The molecule has 37 heavy (non-hydrogen) atoms. The Balaban J connectivity index is 1.66. The maximum absolute atomic E-state index is 13.4. The highest BCUT2D eigenvalue weighted by Crippen LogP contribution is 2.31.